The summed E-state index contributed by atoms with van der Waals surface area (Å²) in [4.78, 5) is 28.2. The van der Waals surface area contributed by atoms with Crippen LogP contribution >= 0.6 is 34.8 Å². The molecule has 0 radical (unpaired) electrons. The number of halogens is 3. The van der Waals surface area contributed by atoms with Crippen LogP contribution < -0.4 is 9.62 Å². The van der Waals surface area contributed by atoms with Gasteiger partial charge >= 0.3 is 0 Å². The lowest BCUT2D eigenvalue weighted by atomic mass is 9.95. The summed E-state index contributed by atoms with van der Waals surface area (Å²) >= 11 is 18.6. The Labute approximate surface area is 246 Å². The van der Waals surface area contributed by atoms with Crippen molar-refractivity contribution >= 4 is 62.3 Å². The van der Waals surface area contributed by atoms with Crippen molar-refractivity contribution in [3.8, 4) is 0 Å². The van der Waals surface area contributed by atoms with E-state index in [0.29, 0.717) is 26.3 Å². The maximum absolute atomic E-state index is 13.5. The largest absolute Gasteiger partial charge is 0.352 e. The van der Waals surface area contributed by atoms with Crippen molar-refractivity contribution in [3.63, 3.8) is 0 Å². The van der Waals surface area contributed by atoms with Gasteiger partial charge in [-0.1, -0.05) is 66.2 Å². The zero-order valence-corrected chi connectivity index (χ0v) is 25.6. The van der Waals surface area contributed by atoms with E-state index in [9.17, 15) is 18.0 Å². The van der Waals surface area contributed by atoms with Crippen LogP contribution in [0.2, 0.25) is 15.1 Å². The average molecular weight is 617 g/mol. The third-order valence-electron chi connectivity index (χ3n) is 7.07. The van der Waals surface area contributed by atoms with Crippen molar-refractivity contribution in [1.82, 2.24) is 10.2 Å². The molecule has 1 aliphatic carbocycles. The molecule has 1 N–H and O–H groups in total. The number of amides is 2. The van der Waals surface area contributed by atoms with Crippen molar-refractivity contribution in [2.45, 2.75) is 77.4 Å². The van der Waals surface area contributed by atoms with E-state index in [4.69, 9.17) is 34.8 Å². The lowest BCUT2D eigenvalue weighted by molar-refractivity contribution is -0.141. The van der Waals surface area contributed by atoms with Crippen LogP contribution in [0.15, 0.2) is 36.4 Å². The molecular formula is C28H36Cl3N3O4S. The molecule has 0 unspecified atom stereocenters. The predicted octanol–water partition coefficient (Wildman–Crippen LogP) is 6.37. The van der Waals surface area contributed by atoms with Gasteiger partial charge in [0.15, 0.2) is 0 Å². The highest BCUT2D eigenvalue weighted by molar-refractivity contribution is 7.92. The van der Waals surface area contributed by atoms with Crippen LogP contribution in [-0.2, 0) is 26.2 Å². The molecule has 0 aliphatic heterocycles. The number of rotatable bonds is 11. The smallest absolute Gasteiger partial charge is 0.242 e. The second-order valence-corrected chi connectivity index (χ2v) is 13.3. The van der Waals surface area contributed by atoms with Gasteiger partial charge in [-0.2, -0.15) is 0 Å². The first-order chi connectivity index (χ1) is 18.4. The minimum atomic E-state index is -3.62. The number of anilines is 1. The number of carbonyl (C=O) groups excluding carboxylic acids is 2. The molecule has 0 spiro atoms. The van der Waals surface area contributed by atoms with Gasteiger partial charge in [-0.05, 0) is 68.5 Å². The minimum Gasteiger partial charge on any atom is -0.352 e. The van der Waals surface area contributed by atoms with E-state index in [-0.39, 0.29) is 43.8 Å². The molecule has 39 heavy (non-hydrogen) atoms. The average Bonchev–Trinajstić information content (AvgIpc) is 2.87. The van der Waals surface area contributed by atoms with Crippen LogP contribution in [0.3, 0.4) is 0 Å². The number of nitrogens with one attached hydrogen (secondary N) is 1. The number of hydrogen-bond acceptors (Lipinski definition) is 4. The standard InChI is InChI=1S/C28H36Cl3N3O4S/c1-19-11-13-23(30)17-26(19)34(39(3,37)38)15-7-10-27(35)33(18-21-12-14-22(29)16-25(21)31)20(2)28(36)32-24-8-5-4-6-9-24/h11-14,16-17,20,24H,4-10,15,18H2,1-3H3,(H,32,36)/t20-/m0/s1. The fourth-order valence-corrected chi connectivity index (χ4v) is 6.47. The van der Waals surface area contributed by atoms with Crippen molar-refractivity contribution < 1.29 is 18.0 Å². The van der Waals surface area contributed by atoms with Gasteiger partial charge in [-0.25, -0.2) is 8.42 Å². The van der Waals surface area contributed by atoms with Crippen molar-refractivity contribution in [2.75, 3.05) is 17.1 Å². The summed E-state index contributed by atoms with van der Waals surface area (Å²) in [6.45, 7) is 3.72. The van der Waals surface area contributed by atoms with Crippen LogP contribution in [0, 0.1) is 6.92 Å². The highest BCUT2D eigenvalue weighted by Gasteiger charge is 2.29. The van der Waals surface area contributed by atoms with Crippen molar-refractivity contribution in [3.05, 3.63) is 62.6 Å². The Balaban J connectivity index is 1.77. The fourth-order valence-electron chi connectivity index (χ4n) is 4.82. The lowest BCUT2D eigenvalue weighted by Gasteiger charge is -2.32. The van der Waals surface area contributed by atoms with Crippen LogP contribution in [-0.4, -0.2) is 50.0 Å². The molecule has 11 heteroatoms. The predicted molar refractivity (Wildman–Crippen MR) is 159 cm³/mol. The summed E-state index contributed by atoms with van der Waals surface area (Å²) in [7, 11) is -3.62. The molecule has 0 heterocycles. The van der Waals surface area contributed by atoms with Crippen LogP contribution in [0.5, 0.6) is 0 Å². The van der Waals surface area contributed by atoms with Gasteiger partial charge in [0.25, 0.3) is 0 Å². The Bertz CT molecular complexity index is 1280. The molecule has 1 atom stereocenters. The Morgan fingerprint density at radius 2 is 1.67 bits per heavy atom. The van der Waals surface area contributed by atoms with Gasteiger partial charge in [-0.3, -0.25) is 13.9 Å². The first-order valence-corrected chi connectivity index (χ1v) is 16.1. The topological polar surface area (TPSA) is 86.8 Å². The Morgan fingerprint density at radius 3 is 2.31 bits per heavy atom. The highest BCUT2D eigenvalue weighted by Crippen LogP contribution is 2.28. The second kappa shape index (κ2) is 14.1. The molecule has 2 aromatic rings. The van der Waals surface area contributed by atoms with Gasteiger partial charge in [0.1, 0.15) is 6.04 Å². The molecule has 0 bridgehead atoms. The monoisotopic (exact) mass is 615 g/mol. The van der Waals surface area contributed by atoms with E-state index < -0.39 is 16.1 Å². The zero-order valence-electron chi connectivity index (χ0n) is 22.6. The zero-order chi connectivity index (χ0) is 28.7. The molecule has 1 saturated carbocycles. The fraction of sp³-hybridized carbons (Fsp3) is 0.500. The number of aryl methyl sites for hydroxylation is 1. The van der Waals surface area contributed by atoms with Crippen LogP contribution in [0.4, 0.5) is 5.69 Å². The van der Waals surface area contributed by atoms with E-state index in [0.717, 1.165) is 37.5 Å². The summed E-state index contributed by atoms with van der Waals surface area (Å²) < 4.78 is 26.5. The quantitative estimate of drug-likeness (QED) is 0.318. The Kier molecular flexibility index (Phi) is 11.4. The number of sulfonamides is 1. The molecule has 0 aromatic heterocycles. The summed E-state index contributed by atoms with van der Waals surface area (Å²) in [6, 6.07) is 9.45. The molecular weight excluding hydrogens is 581 g/mol. The number of hydrogen-bond donors (Lipinski definition) is 1. The molecule has 1 fully saturated rings. The van der Waals surface area contributed by atoms with E-state index in [2.05, 4.69) is 5.32 Å². The third kappa shape index (κ3) is 9.00. The van der Waals surface area contributed by atoms with Crippen molar-refractivity contribution in [1.29, 1.82) is 0 Å². The number of nitrogens with zero attached hydrogens (tertiary/aromatic N) is 2. The van der Waals surface area contributed by atoms with Crippen LogP contribution in [0.1, 0.15) is 63.0 Å². The number of carbonyl (C=O) groups is 2. The molecule has 214 valence electrons. The Morgan fingerprint density at radius 1 is 1.03 bits per heavy atom. The molecule has 3 rings (SSSR count). The maximum Gasteiger partial charge on any atom is 0.242 e. The van der Waals surface area contributed by atoms with E-state index >= 15 is 0 Å². The first-order valence-electron chi connectivity index (χ1n) is 13.1. The van der Waals surface area contributed by atoms with E-state index in [1.165, 1.54) is 15.6 Å². The second-order valence-electron chi connectivity index (χ2n) is 10.1. The van der Waals surface area contributed by atoms with E-state index in [1.54, 1.807) is 50.2 Å². The van der Waals surface area contributed by atoms with Gasteiger partial charge in [-0.15, -0.1) is 0 Å². The van der Waals surface area contributed by atoms with Crippen LogP contribution in [0.25, 0.3) is 0 Å². The molecule has 1 aliphatic rings. The SMILES string of the molecule is Cc1ccc(Cl)cc1N(CCCC(=O)N(Cc1ccc(Cl)cc1Cl)[C@@H](C)C(=O)NC1CCCCC1)S(C)(=O)=O. The van der Waals surface area contributed by atoms with Gasteiger partial charge in [0.05, 0.1) is 11.9 Å². The summed E-state index contributed by atoms with van der Waals surface area (Å²) in [5.74, 6) is -0.490. The maximum atomic E-state index is 13.5. The summed E-state index contributed by atoms with van der Waals surface area (Å²) in [5.41, 5.74) is 1.89. The summed E-state index contributed by atoms with van der Waals surface area (Å²) in [6.07, 6.45) is 6.59. The Hall–Kier alpha value is -2.00. The van der Waals surface area contributed by atoms with Gasteiger partial charge in [0, 0.05) is 40.6 Å². The minimum absolute atomic E-state index is 0.0396. The van der Waals surface area contributed by atoms with Gasteiger partial charge in [0.2, 0.25) is 21.8 Å². The normalized spacial score (nSPS) is 15.0. The van der Waals surface area contributed by atoms with Gasteiger partial charge < -0.3 is 10.2 Å². The molecule has 2 amide bonds. The van der Waals surface area contributed by atoms with E-state index in [1.807, 2.05) is 0 Å². The van der Waals surface area contributed by atoms with Crippen molar-refractivity contribution in [2.24, 2.45) is 0 Å². The summed E-state index contributed by atoms with van der Waals surface area (Å²) in [5, 5.41) is 4.40. The first kappa shape index (κ1) is 31.5. The molecule has 0 saturated heterocycles. The lowest BCUT2D eigenvalue weighted by Crippen LogP contribution is -2.50. The molecule has 2 aromatic carbocycles. The number of benzene rings is 2. The third-order valence-corrected chi connectivity index (χ3v) is 9.07. The highest BCUT2D eigenvalue weighted by atomic mass is 35.5. The molecule has 7 nitrogen and oxygen atoms in total.